The molecule has 1 amide bonds. The van der Waals surface area contributed by atoms with Gasteiger partial charge in [-0.25, -0.2) is 4.79 Å². The number of carbonyl (C=O) groups is 2. The summed E-state index contributed by atoms with van der Waals surface area (Å²) in [4.78, 5) is 25.8. The monoisotopic (exact) mass is 391 g/mol. The summed E-state index contributed by atoms with van der Waals surface area (Å²) in [6.07, 6.45) is 0.324. The van der Waals surface area contributed by atoms with Crippen molar-refractivity contribution in [3.05, 3.63) is 74.5 Å². The van der Waals surface area contributed by atoms with Crippen LogP contribution in [0, 0.1) is 20.8 Å². The first-order valence-corrected chi connectivity index (χ1v) is 10.0. The molecule has 4 rings (SSSR count). The zero-order chi connectivity index (χ0) is 20.0. The third kappa shape index (κ3) is 3.12. The van der Waals surface area contributed by atoms with Crippen LogP contribution < -0.4 is 5.32 Å². The quantitative estimate of drug-likeness (QED) is 0.618. The Labute approximate surface area is 167 Å². The van der Waals surface area contributed by atoms with Gasteiger partial charge in [0.25, 0.3) is 0 Å². The van der Waals surface area contributed by atoms with E-state index in [9.17, 15) is 14.7 Å². The van der Waals surface area contributed by atoms with Crippen LogP contribution in [0.5, 0.6) is 0 Å². The number of amides is 1. The molecule has 5 heteroatoms. The van der Waals surface area contributed by atoms with Gasteiger partial charge in [0.2, 0.25) is 5.91 Å². The second kappa shape index (κ2) is 6.91. The lowest BCUT2D eigenvalue weighted by Crippen LogP contribution is -2.23. The first-order chi connectivity index (χ1) is 13.3. The number of aromatic carboxylic acids is 1. The average molecular weight is 391 g/mol. The van der Waals surface area contributed by atoms with E-state index in [1.807, 2.05) is 45.0 Å². The standard InChI is InChI=1S/C23H21NO3S/c1-12-5-8-15(9-6-12)19-20-21(28-22(19)23(26)27)17(11-18(25)24-20)16-10-13(2)4-7-14(16)3/h4-10,17H,11H2,1-3H3,(H,24,25)(H,26,27)/t17-/m0/s1. The van der Waals surface area contributed by atoms with Crippen LogP contribution in [-0.4, -0.2) is 17.0 Å². The Morgan fingerprint density at radius 2 is 1.75 bits per heavy atom. The SMILES string of the molecule is Cc1ccc(-c2c(C(=O)O)sc3c2NC(=O)C[C@H]3c2cc(C)ccc2C)cc1. The lowest BCUT2D eigenvalue weighted by molar-refractivity contribution is -0.116. The summed E-state index contributed by atoms with van der Waals surface area (Å²) in [7, 11) is 0. The summed E-state index contributed by atoms with van der Waals surface area (Å²) >= 11 is 1.27. The zero-order valence-corrected chi connectivity index (χ0v) is 16.8. The van der Waals surface area contributed by atoms with Gasteiger partial charge in [0.05, 0.1) is 5.69 Å². The van der Waals surface area contributed by atoms with Gasteiger partial charge < -0.3 is 10.4 Å². The molecule has 0 unspecified atom stereocenters. The number of hydrogen-bond donors (Lipinski definition) is 2. The Morgan fingerprint density at radius 3 is 2.43 bits per heavy atom. The van der Waals surface area contributed by atoms with Gasteiger partial charge in [-0.3, -0.25) is 4.79 Å². The number of nitrogens with one attached hydrogen (secondary N) is 1. The topological polar surface area (TPSA) is 66.4 Å². The molecule has 1 atom stereocenters. The number of carbonyl (C=O) groups excluding carboxylic acids is 1. The fourth-order valence-electron chi connectivity index (χ4n) is 3.82. The van der Waals surface area contributed by atoms with E-state index in [1.165, 1.54) is 11.3 Å². The van der Waals surface area contributed by atoms with Crippen LogP contribution in [0.15, 0.2) is 42.5 Å². The van der Waals surface area contributed by atoms with Crippen LogP contribution in [0.3, 0.4) is 0 Å². The summed E-state index contributed by atoms with van der Waals surface area (Å²) in [5.41, 5.74) is 6.48. The third-order valence-corrected chi connectivity index (χ3v) is 6.54. The van der Waals surface area contributed by atoms with E-state index in [4.69, 9.17) is 0 Å². The van der Waals surface area contributed by atoms with Gasteiger partial charge in [0.1, 0.15) is 4.88 Å². The van der Waals surface area contributed by atoms with Crippen molar-refractivity contribution < 1.29 is 14.7 Å². The van der Waals surface area contributed by atoms with Gasteiger partial charge in [-0.15, -0.1) is 11.3 Å². The first kappa shape index (κ1) is 18.4. The van der Waals surface area contributed by atoms with E-state index in [0.29, 0.717) is 17.7 Å². The van der Waals surface area contributed by atoms with Gasteiger partial charge in [-0.05, 0) is 37.5 Å². The molecule has 1 aromatic heterocycles. The molecule has 0 aliphatic carbocycles. The molecule has 4 nitrogen and oxygen atoms in total. The minimum absolute atomic E-state index is 0.0819. The van der Waals surface area contributed by atoms with E-state index in [0.717, 1.165) is 32.7 Å². The van der Waals surface area contributed by atoms with Gasteiger partial charge >= 0.3 is 5.97 Å². The van der Waals surface area contributed by atoms with Crippen molar-refractivity contribution in [3.8, 4) is 11.1 Å². The molecule has 0 saturated carbocycles. The maximum absolute atomic E-state index is 12.6. The van der Waals surface area contributed by atoms with Crippen molar-refractivity contribution in [3.63, 3.8) is 0 Å². The minimum atomic E-state index is -0.969. The number of rotatable bonds is 3. The van der Waals surface area contributed by atoms with Crippen LogP contribution in [0.4, 0.5) is 5.69 Å². The van der Waals surface area contributed by atoms with Crippen LogP contribution >= 0.6 is 11.3 Å². The zero-order valence-electron chi connectivity index (χ0n) is 16.0. The molecule has 1 aliphatic rings. The fourth-order valence-corrected chi connectivity index (χ4v) is 5.06. The Hall–Kier alpha value is -2.92. The van der Waals surface area contributed by atoms with Crippen LogP contribution in [0.1, 0.15) is 49.1 Å². The maximum Gasteiger partial charge on any atom is 0.346 e. The highest BCUT2D eigenvalue weighted by Gasteiger charge is 2.35. The van der Waals surface area contributed by atoms with E-state index in [2.05, 4.69) is 23.5 Å². The lowest BCUT2D eigenvalue weighted by atomic mass is 9.85. The van der Waals surface area contributed by atoms with Gasteiger partial charge in [-0.1, -0.05) is 53.6 Å². The highest BCUT2D eigenvalue weighted by molar-refractivity contribution is 7.15. The van der Waals surface area contributed by atoms with Crippen molar-refractivity contribution in [2.24, 2.45) is 0 Å². The number of carboxylic acids is 1. The number of benzene rings is 2. The molecule has 2 heterocycles. The largest absolute Gasteiger partial charge is 0.477 e. The number of aryl methyl sites for hydroxylation is 3. The highest BCUT2D eigenvalue weighted by Crippen LogP contribution is 2.49. The van der Waals surface area contributed by atoms with Gasteiger partial charge in [0, 0.05) is 22.8 Å². The normalized spacial score (nSPS) is 15.8. The highest BCUT2D eigenvalue weighted by atomic mass is 32.1. The minimum Gasteiger partial charge on any atom is -0.477 e. The number of hydrogen-bond acceptors (Lipinski definition) is 3. The molecular formula is C23H21NO3S. The summed E-state index contributed by atoms with van der Waals surface area (Å²) < 4.78 is 0. The molecule has 0 fully saturated rings. The predicted octanol–water partition coefficient (Wildman–Crippen LogP) is 5.51. The van der Waals surface area contributed by atoms with Gasteiger partial charge in [-0.2, -0.15) is 0 Å². The Balaban J connectivity index is 1.96. The predicted molar refractivity (Wildman–Crippen MR) is 112 cm³/mol. The van der Waals surface area contributed by atoms with Crippen LogP contribution in [0.25, 0.3) is 11.1 Å². The molecule has 1 aliphatic heterocycles. The third-order valence-electron chi connectivity index (χ3n) is 5.25. The molecule has 0 radical (unpaired) electrons. The number of carboxylic acid groups (broad SMARTS) is 1. The number of fused-ring (bicyclic) bond motifs is 1. The second-order valence-electron chi connectivity index (χ2n) is 7.38. The van der Waals surface area contributed by atoms with E-state index in [1.54, 1.807) is 0 Å². The Morgan fingerprint density at radius 1 is 1.07 bits per heavy atom. The molecule has 0 bridgehead atoms. The molecule has 28 heavy (non-hydrogen) atoms. The van der Waals surface area contributed by atoms with Crippen LogP contribution in [-0.2, 0) is 4.79 Å². The van der Waals surface area contributed by atoms with Crippen molar-refractivity contribution in [2.75, 3.05) is 5.32 Å². The van der Waals surface area contributed by atoms with Crippen molar-refractivity contribution in [1.82, 2.24) is 0 Å². The second-order valence-corrected chi connectivity index (χ2v) is 8.43. The van der Waals surface area contributed by atoms with Crippen molar-refractivity contribution in [2.45, 2.75) is 33.1 Å². The molecule has 142 valence electrons. The molecular weight excluding hydrogens is 370 g/mol. The average Bonchev–Trinajstić information content (AvgIpc) is 3.03. The first-order valence-electron chi connectivity index (χ1n) is 9.19. The van der Waals surface area contributed by atoms with Crippen LogP contribution in [0.2, 0.25) is 0 Å². The van der Waals surface area contributed by atoms with Crippen molar-refractivity contribution >= 4 is 28.9 Å². The van der Waals surface area contributed by atoms with Crippen molar-refractivity contribution in [1.29, 1.82) is 0 Å². The Bertz CT molecular complexity index is 1100. The molecule has 0 saturated heterocycles. The molecule has 2 aromatic carbocycles. The summed E-state index contributed by atoms with van der Waals surface area (Å²) in [5.74, 6) is -1.18. The van der Waals surface area contributed by atoms with E-state index < -0.39 is 5.97 Å². The fraction of sp³-hybridized carbons (Fsp3) is 0.217. The van der Waals surface area contributed by atoms with E-state index in [-0.39, 0.29) is 16.7 Å². The molecule has 2 N–H and O–H groups in total. The maximum atomic E-state index is 12.6. The molecule has 0 spiro atoms. The number of anilines is 1. The lowest BCUT2D eigenvalue weighted by Gasteiger charge is -2.25. The van der Waals surface area contributed by atoms with Gasteiger partial charge in [0.15, 0.2) is 0 Å². The summed E-state index contributed by atoms with van der Waals surface area (Å²) in [6, 6.07) is 14.0. The number of thiophene rings is 1. The Kier molecular flexibility index (Phi) is 4.55. The summed E-state index contributed by atoms with van der Waals surface area (Å²) in [6.45, 7) is 6.05. The summed E-state index contributed by atoms with van der Waals surface area (Å²) in [5, 5.41) is 12.8. The smallest absolute Gasteiger partial charge is 0.346 e. The molecule has 3 aromatic rings. The van der Waals surface area contributed by atoms with E-state index >= 15 is 0 Å².